The lowest BCUT2D eigenvalue weighted by molar-refractivity contribution is 0.441. The summed E-state index contributed by atoms with van der Waals surface area (Å²) in [4.78, 5) is 0. The second kappa shape index (κ2) is 5.74. The van der Waals surface area contributed by atoms with Crippen molar-refractivity contribution in [3.8, 4) is 5.75 Å². The first-order valence-corrected chi connectivity index (χ1v) is 8.20. The Labute approximate surface area is 109 Å². The van der Waals surface area contributed by atoms with E-state index in [4.69, 9.17) is 4.18 Å². The van der Waals surface area contributed by atoms with Crippen LogP contribution in [0, 0.1) is 0 Å². The lowest BCUT2D eigenvalue weighted by Crippen LogP contribution is -2.12. The third-order valence-electron chi connectivity index (χ3n) is 3.51. The fourth-order valence-electron chi connectivity index (χ4n) is 2.46. The minimum absolute atomic E-state index is 0.000651. The molecule has 100 valence electrons. The van der Waals surface area contributed by atoms with Gasteiger partial charge in [0, 0.05) is 0 Å². The molecule has 0 unspecified atom stereocenters. The van der Waals surface area contributed by atoms with Crippen LogP contribution < -0.4 is 4.18 Å². The van der Waals surface area contributed by atoms with E-state index < -0.39 is 10.1 Å². The standard InChI is InChI=1S/C14H20O3S/c1-2-18(15,16)17-14-10-6-9-13(11-14)12-7-4-3-5-8-12/h6,9-12H,2-5,7-8H2,1H3. The van der Waals surface area contributed by atoms with E-state index >= 15 is 0 Å². The van der Waals surface area contributed by atoms with Crippen molar-refractivity contribution in [2.24, 2.45) is 0 Å². The van der Waals surface area contributed by atoms with Crippen LogP contribution in [0.3, 0.4) is 0 Å². The first-order valence-electron chi connectivity index (χ1n) is 6.63. The fraction of sp³-hybridized carbons (Fsp3) is 0.571. The lowest BCUT2D eigenvalue weighted by Gasteiger charge is -2.22. The monoisotopic (exact) mass is 268 g/mol. The third-order valence-corrected chi connectivity index (χ3v) is 4.66. The van der Waals surface area contributed by atoms with E-state index in [1.165, 1.54) is 37.7 Å². The van der Waals surface area contributed by atoms with Crippen LogP contribution in [0.4, 0.5) is 0 Å². The predicted molar refractivity (Wildman–Crippen MR) is 72.4 cm³/mol. The van der Waals surface area contributed by atoms with E-state index in [0.29, 0.717) is 11.7 Å². The highest BCUT2D eigenvalue weighted by Gasteiger charge is 2.17. The molecule has 0 bridgehead atoms. The fourth-order valence-corrected chi connectivity index (χ4v) is 2.98. The molecular formula is C14H20O3S. The van der Waals surface area contributed by atoms with Crippen molar-refractivity contribution in [1.82, 2.24) is 0 Å². The topological polar surface area (TPSA) is 43.4 Å². The molecule has 1 fully saturated rings. The molecule has 2 rings (SSSR count). The maximum absolute atomic E-state index is 11.4. The summed E-state index contributed by atoms with van der Waals surface area (Å²) in [5, 5.41) is 0. The molecule has 1 saturated carbocycles. The molecule has 1 aromatic carbocycles. The van der Waals surface area contributed by atoms with Gasteiger partial charge < -0.3 is 4.18 Å². The maximum atomic E-state index is 11.4. The number of benzene rings is 1. The molecule has 0 radical (unpaired) electrons. The van der Waals surface area contributed by atoms with E-state index in [-0.39, 0.29) is 5.75 Å². The highest BCUT2D eigenvalue weighted by molar-refractivity contribution is 7.87. The Kier molecular flexibility index (Phi) is 4.27. The number of hydrogen-bond donors (Lipinski definition) is 0. The molecule has 0 saturated heterocycles. The smallest absolute Gasteiger partial charge is 0.308 e. The van der Waals surface area contributed by atoms with Gasteiger partial charge in [-0.2, -0.15) is 8.42 Å². The summed E-state index contributed by atoms with van der Waals surface area (Å²) in [6.45, 7) is 1.58. The van der Waals surface area contributed by atoms with Crippen molar-refractivity contribution in [2.75, 3.05) is 5.75 Å². The van der Waals surface area contributed by atoms with Crippen molar-refractivity contribution in [1.29, 1.82) is 0 Å². The second-order valence-electron chi connectivity index (χ2n) is 4.84. The molecule has 1 aromatic rings. The molecule has 0 N–H and O–H groups in total. The zero-order chi connectivity index (χ0) is 13.0. The van der Waals surface area contributed by atoms with E-state index in [9.17, 15) is 8.42 Å². The van der Waals surface area contributed by atoms with E-state index in [0.717, 1.165) is 0 Å². The SMILES string of the molecule is CCS(=O)(=O)Oc1cccc(C2CCCCC2)c1. The first-order chi connectivity index (χ1) is 8.61. The van der Waals surface area contributed by atoms with Gasteiger partial charge in [-0.25, -0.2) is 0 Å². The Morgan fingerprint density at radius 1 is 1.22 bits per heavy atom. The van der Waals surface area contributed by atoms with E-state index in [1.54, 1.807) is 13.0 Å². The van der Waals surface area contributed by atoms with Crippen LogP contribution >= 0.6 is 0 Å². The van der Waals surface area contributed by atoms with Crippen LogP contribution in [0.15, 0.2) is 24.3 Å². The molecule has 4 heteroatoms. The van der Waals surface area contributed by atoms with Crippen molar-refractivity contribution in [3.05, 3.63) is 29.8 Å². The minimum Gasteiger partial charge on any atom is -0.382 e. The molecule has 1 aliphatic carbocycles. The third kappa shape index (κ3) is 3.48. The Bertz CT molecular complexity index is 488. The van der Waals surface area contributed by atoms with E-state index in [2.05, 4.69) is 6.07 Å². The van der Waals surface area contributed by atoms with Crippen molar-refractivity contribution < 1.29 is 12.6 Å². The average Bonchev–Trinajstić information content (AvgIpc) is 2.40. The number of hydrogen-bond acceptors (Lipinski definition) is 3. The quantitative estimate of drug-likeness (QED) is 0.785. The maximum Gasteiger partial charge on any atom is 0.308 e. The molecule has 0 amide bonds. The van der Waals surface area contributed by atoms with Gasteiger partial charge in [-0.3, -0.25) is 0 Å². The summed E-state index contributed by atoms with van der Waals surface area (Å²) >= 11 is 0. The molecule has 1 aliphatic rings. The summed E-state index contributed by atoms with van der Waals surface area (Å²) < 4.78 is 27.9. The Morgan fingerprint density at radius 2 is 1.94 bits per heavy atom. The van der Waals surface area contributed by atoms with Crippen LogP contribution in [0.1, 0.15) is 50.5 Å². The summed E-state index contributed by atoms with van der Waals surface area (Å²) in [7, 11) is -3.42. The van der Waals surface area contributed by atoms with Gasteiger partial charge in [0.25, 0.3) is 0 Å². The average molecular weight is 268 g/mol. The van der Waals surface area contributed by atoms with Gasteiger partial charge in [0.05, 0.1) is 5.75 Å². The molecule has 0 aliphatic heterocycles. The highest BCUT2D eigenvalue weighted by atomic mass is 32.2. The second-order valence-corrected chi connectivity index (χ2v) is 6.70. The van der Waals surface area contributed by atoms with E-state index in [1.807, 2.05) is 12.1 Å². The zero-order valence-electron chi connectivity index (χ0n) is 10.8. The van der Waals surface area contributed by atoms with Gasteiger partial charge in [0.1, 0.15) is 5.75 Å². The molecule has 0 spiro atoms. The molecule has 0 atom stereocenters. The molecule has 3 nitrogen and oxygen atoms in total. The van der Waals surface area contributed by atoms with Crippen molar-refractivity contribution >= 4 is 10.1 Å². The summed E-state index contributed by atoms with van der Waals surface area (Å²) in [5.41, 5.74) is 1.21. The lowest BCUT2D eigenvalue weighted by atomic mass is 9.84. The van der Waals surface area contributed by atoms with Crippen LogP contribution in [0.5, 0.6) is 5.75 Å². The van der Waals surface area contributed by atoms with Crippen LogP contribution in [0.2, 0.25) is 0 Å². The van der Waals surface area contributed by atoms with Crippen molar-refractivity contribution in [2.45, 2.75) is 44.9 Å². The van der Waals surface area contributed by atoms with Crippen LogP contribution in [-0.2, 0) is 10.1 Å². The summed E-state index contributed by atoms with van der Waals surface area (Å²) in [6.07, 6.45) is 6.25. The predicted octanol–water partition coefficient (Wildman–Crippen LogP) is 3.46. The van der Waals surface area contributed by atoms with Gasteiger partial charge in [0.2, 0.25) is 0 Å². The Morgan fingerprint density at radius 3 is 2.61 bits per heavy atom. The molecule has 0 heterocycles. The van der Waals surface area contributed by atoms with Gasteiger partial charge in [-0.05, 0) is 43.4 Å². The number of rotatable bonds is 4. The van der Waals surface area contributed by atoms with Crippen LogP contribution in [-0.4, -0.2) is 14.2 Å². The normalized spacial score (nSPS) is 17.6. The van der Waals surface area contributed by atoms with Gasteiger partial charge in [-0.1, -0.05) is 31.4 Å². The summed E-state index contributed by atoms with van der Waals surface area (Å²) in [6, 6.07) is 7.54. The van der Waals surface area contributed by atoms with Crippen LogP contribution in [0.25, 0.3) is 0 Å². The Hall–Kier alpha value is -1.03. The largest absolute Gasteiger partial charge is 0.382 e. The summed E-state index contributed by atoms with van der Waals surface area (Å²) in [5.74, 6) is 1.01. The van der Waals surface area contributed by atoms with Gasteiger partial charge >= 0.3 is 10.1 Å². The first kappa shape index (κ1) is 13.4. The van der Waals surface area contributed by atoms with Gasteiger partial charge in [0.15, 0.2) is 0 Å². The zero-order valence-corrected chi connectivity index (χ0v) is 11.6. The van der Waals surface area contributed by atoms with Crippen molar-refractivity contribution in [3.63, 3.8) is 0 Å². The minimum atomic E-state index is -3.42. The Balaban J connectivity index is 2.14. The van der Waals surface area contributed by atoms with Gasteiger partial charge in [-0.15, -0.1) is 0 Å². The molecule has 0 aromatic heterocycles. The molecule has 18 heavy (non-hydrogen) atoms. The molecular weight excluding hydrogens is 248 g/mol. The highest BCUT2D eigenvalue weighted by Crippen LogP contribution is 2.34.